The van der Waals surface area contributed by atoms with Gasteiger partial charge in [0.2, 0.25) is 0 Å². The van der Waals surface area contributed by atoms with E-state index < -0.39 is 0 Å². The summed E-state index contributed by atoms with van der Waals surface area (Å²) in [7, 11) is 2.04. The van der Waals surface area contributed by atoms with E-state index >= 15 is 0 Å². The Morgan fingerprint density at radius 1 is 1.50 bits per heavy atom. The molecule has 1 rings (SSSR count). The fraction of sp³-hybridized carbons (Fsp3) is 0.818. The second-order valence-electron chi connectivity index (χ2n) is 4.29. The van der Waals surface area contributed by atoms with Gasteiger partial charge in [0.1, 0.15) is 0 Å². The van der Waals surface area contributed by atoms with Crippen LogP contribution >= 0.6 is 0 Å². The van der Waals surface area contributed by atoms with Crippen molar-refractivity contribution in [3.05, 3.63) is 12.2 Å². The smallest absolute Gasteiger partial charge is 0.0299 e. The first-order valence-corrected chi connectivity index (χ1v) is 4.97. The Morgan fingerprint density at radius 2 is 2.17 bits per heavy atom. The number of hydrogen-bond donors (Lipinski definition) is 1. The lowest BCUT2D eigenvalue weighted by Gasteiger charge is -2.23. The molecule has 0 bridgehead atoms. The largest absolute Gasteiger partial charge is 0.313 e. The van der Waals surface area contributed by atoms with Crippen molar-refractivity contribution in [1.82, 2.24) is 5.32 Å². The van der Waals surface area contributed by atoms with Crippen LogP contribution in [0.2, 0.25) is 0 Å². The Morgan fingerprint density at radius 3 is 2.50 bits per heavy atom. The van der Waals surface area contributed by atoms with E-state index in [1.807, 2.05) is 7.05 Å². The first-order valence-electron chi connectivity index (χ1n) is 4.97. The first kappa shape index (κ1) is 9.79. The SMILES string of the molecule is C=C(C)C(NC)C1CCC(C)C1. The van der Waals surface area contributed by atoms with Gasteiger partial charge in [0.25, 0.3) is 0 Å². The van der Waals surface area contributed by atoms with Crippen LogP contribution < -0.4 is 5.32 Å². The van der Waals surface area contributed by atoms with Crippen LogP contribution in [0.5, 0.6) is 0 Å². The van der Waals surface area contributed by atoms with E-state index in [0.29, 0.717) is 6.04 Å². The molecule has 0 aromatic carbocycles. The summed E-state index contributed by atoms with van der Waals surface area (Å²) < 4.78 is 0. The lowest BCUT2D eigenvalue weighted by Crippen LogP contribution is -2.33. The molecule has 0 amide bonds. The highest BCUT2D eigenvalue weighted by molar-refractivity contribution is 5.05. The predicted octanol–water partition coefficient (Wildman–Crippen LogP) is 2.59. The topological polar surface area (TPSA) is 12.0 Å². The number of likely N-dealkylation sites (N-methyl/N-ethyl adjacent to an activating group) is 1. The minimum absolute atomic E-state index is 0.551. The van der Waals surface area contributed by atoms with E-state index in [1.54, 1.807) is 0 Å². The monoisotopic (exact) mass is 167 g/mol. The summed E-state index contributed by atoms with van der Waals surface area (Å²) in [4.78, 5) is 0. The van der Waals surface area contributed by atoms with Gasteiger partial charge in [0, 0.05) is 6.04 Å². The lowest BCUT2D eigenvalue weighted by molar-refractivity contribution is 0.410. The van der Waals surface area contributed by atoms with E-state index in [2.05, 4.69) is 25.7 Å². The molecule has 0 aromatic heterocycles. The molecule has 1 N–H and O–H groups in total. The molecule has 1 nitrogen and oxygen atoms in total. The van der Waals surface area contributed by atoms with Crippen molar-refractivity contribution >= 4 is 0 Å². The zero-order valence-electron chi connectivity index (χ0n) is 8.56. The summed E-state index contributed by atoms with van der Waals surface area (Å²) in [5.74, 6) is 1.76. The molecule has 1 aliphatic rings. The van der Waals surface area contributed by atoms with Gasteiger partial charge in [-0.15, -0.1) is 0 Å². The van der Waals surface area contributed by atoms with Crippen molar-refractivity contribution in [2.75, 3.05) is 7.05 Å². The molecule has 1 saturated carbocycles. The molecule has 0 aromatic rings. The lowest BCUT2D eigenvalue weighted by atomic mass is 9.92. The van der Waals surface area contributed by atoms with Crippen molar-refractivity contribution in [1.29, 1.82) is 0 Å². The average molecular weight is 167 g/mol. The second-order valence-corrected chi connectivity index (χ2v) is 4.29. The molecule has 1 heteroatoms. The molecule has 3 unspecified atom stereocenters. The summed E-state index contributed by atoms with van der Waals surface area (Å²) in [5, 5.41) is 3.36. The van der Waals surface area contributed by atoms with Crippen LogP contribution in [-0.2, 0) is 0 Å². The number of rotatable bonds is 3. The van der Waals surface area contributed by atoms with Crippen molar-refractivity contribution in [3.8, 4) is 0 Å². The summed E-state index contributed by atoms with van der Waals surface area (Å²) in [6, 6.07) is 0.551. The number of nitrogens with one attached hydrogen (secondary N) is 1. The van der Waals surface area contributed by atoms with Crippen LogP contribution in [-0.4, -0.2) is 13.1 Å². The molecular weight excluding hydrogens is 146 g/mol. The van der Waals surface area contributed by atoms with Gasteiger partial charge in [-0.25, -0.2) is 0 Å². The highest BCUT2D eigenvalue weighted by atomic mass is 14.9. The van der Waals surface area contributed by atoms with Gasteiger partial charge in [-0.2, -0.15) is 0 Å². The maximum atomic E-state index is 4.03. The normalized spacial score (nSPS) is 31.9. The molecule has 70 valence electrons. The Kier molecular flexibility index (Phi) is 3.33. The second kappa shape index (κ2) is 4.08. The van der Waals surface area contributed by atoms with E-state index in [-0.39, 0.29) is 0 Å². The van der Waals surface area contributed by atoms with Crippen molar-refractivity contribution in [3.63, 3.8) is 0 Å². The summed E-state index contributed by atoms with van der Waals surface area (Å²) in [6.45, 7) is 8.51. The highest BCUT2D eigenvalue weighted by Crippen LogP contribution is 2.34. The fourth-order valence-corrected chi connectivity index (χ4v) is 2.44. The highest BCUT2D eigenvalue weighted by Gasteiger charge is 2.27. The molecule has 3 atom stereocenters. The zero-order valence-corrected chi connectivity index (χ0v) is 8.56. The Balaban J connectivity index is 2.49. The van der Waals surface area contributed by atoms with Gasteiger partial charge in [-0.3, -0.25) is 0 Å². The van der Waals surface area contributed by atoms with E-state index in [1.165, 1.54) is 24.8 Å². The van der Waals surface area contributed by atoms with Crippen molar-refractivity contribution in [2.45, 2.75) is 39.2 Å². The van der Waals surface area contributed by atoms with Gasteiger partial charge in [0.15, 0.2) is 0 Å². The third kappa shape index (κ3) is 2.10. The average Bonchev–Trinajstić information content (AvgIpc) is 2.37. The third-order valence-corrected chi connectivity index (χ3v) is 3.05. The standard InChI is InChI=1S/C11H21N/c1-8(2)11(12-4)10-6-5-9(3)7-10/h9-12H,1,5-7H2,2-4H3. The van der Waals surface area contributed by atoms with Crippen molar-refractivity contribution < 1.29 is 0 Å². The molecule has 0 aliphatic heterocycles. The van der Waals surface area contributed by atoms with E-state index in [9.17, 15) is 0 Å². The van der Waals surface area contributed by atoms with Gasteiger partial charge in [-0.05, 0) is 38.6 Å². The minimum atomic E-state index is 0.551. The van der Waals surface area contributed by atoms with Crippen LogP contribution in [0, 0.1) is 11.8 Å². The minimum Gasteiger partial charge on any atom is -0.313 e. The van der Waals surface area contributed by atoms with E-state index in [0.717, 1.165) is 11.8 Å². The van der Waals surface area contributed by atoms with Crippen molar-refractivity contribution in [2.24, 2.45) is 11.8 Å². The Hall–Kier alpha value is -0.300. The fourth-order valence-electron chi connectivity index (χ4n) is 2.44. The summed E-state index contributed by atoms with van der Waals surface area (Å²) >= 11 is 0. The molecule has 1 fully saturated rings. The summed E-state index contributed by atoms with van der Waals surface area (Å²) in [5.41, 5.74) is 1.29. The van der Waals surface area contributed by atoms with Crippen LogP contribution in [0.25, 0.3) is 0 Å². The van der Waals surface area contributed by atoms with Crippen LogP contribution in [0.15, 0.2) is 12.2 Å². The summed E-state index contributed by atoms with van der Waals surface area (Å²) in [6.07, 6.45) is 4.15. The van der Waals surface area contributed by atoms with Crippen LogP contribution in [0.1, 0.15) is 33.1 Å². The van der Waals surface area contributed by atoms with Crippen LogP contribution in [0.4, 0.5) is 0 Å². The van der Waals surface area contributed by atoms with Gasteiger partial charge >= 0.3 is 0 Å². The molecule has 0 radical (unpaired) electrons. The Bertz CT molecular complexity index is 162. The quantitative estimate of drug-likeness (QED) is 0.637. The maximum absolute atomic E-state index is 4.03. The van der Waals surface area contributed by atoms with E-state index in [4.69, 9.17) is 0 Å². The van der Waals surface area contributed by atoms with Gasteiger partial charge < -0.3 is 5.32 Å². The zero-order chi connectivity index (χ0) is 9.14. The molecule has 0 saturated heterocycles. The number of hydrogen-bond acceptors (Lipinski definition) is 1. The molecular formula is C11H21N. The van der Waals surface area contributed by atoms with Gasteiger partial charge in [-0.1, -0.05) is 25.5 Å². The molecule has 1 aliphatic carbocycles. The third-order valence-electron chi connectivity index (χ3n) is 3.05. The van der Waals surface area contributed by atoms with Gasteiger partial charge in [0.05, 0.1) is 0 Å². The molecule has 0 heterocycles. The predicted molar refractivity (Wildman–Crippen MR) is 54.2 cm³/mol. The van der Waals surface area contributed by atoms with Crippen LogP contribution in [0.3, 0.4) is 0 Å². The molecule has 0 spiro atoms. The Labute approximate surface area is 76.2 Å². The molecule has 12 heavy (non-hydrogen) atoms. The first-order chi connectivity index (χ1) is 5.65. The maximum Gasteiger partial charge on any atom is 0.0299 e.